The molecule has 1 aromatic carbocycles. The topological polar surface area (TPSA) is 66.8 Å². The Morgan fingerprint density at radius 2 is 1.83 bits per heavy atom. The summed E-state index contributed by atoms with van der Waals surface area (Å²) in [6, 6.07) is 7.60. The van der Waals surface area contributed by atoms with E-state index >= 15 is 0 Å². The monoisotopic (exact) mass is 252 g/mol. The lowest BCUT2D eigenvalue weighted by atomic mass is 9.87. The molecule has 0 fully saturated rings. The molecule has 4 heteroatoms. The van der Waals surface area contributed by atoms with Crippen LogP contribution in [0.1, 0.15) is 32.8 Å². The Morgan fingerprint density at radius 3 is 2.28 bits per heavy atom. The fourth-order valence-corrected chi connectivity index (χ4v) is 1.50. The van der Waals surface area contributed by atoms with Gasteiger partial charge in [0, 0.05) is 0 Å². The van der Waals surface area contributed by atoms with Crippen LogP contribution in [0.3, 0.4) is 0 Å². The van der Waals surface area contributed by atoms with E-state index < -0.39 is 12.1 Å². The van der Waals surface area contributed by atoms with Gasteiger partial charge < -0.3 is 14.9 Å². The molecule has 0 saturated heterocycles. The number of carboxylic acids is 1. The molecular formula is C14H20O4. The fourth-order valence-electron chi connectivity index (χ4n) is 1.50. The molecule has 0 unspecified atom stereocenters. The zero-order valence-electron chi connectivity index (χ0n) is 11.0. The number of ether oxygens (including phenoxy) is 1. The van der Waals surface area contributed by atoms with Gasteiger partial charge in [0.05, 0.1) is 12.5 Å². The molecule has 0 heterocycles. The number of hydrogen-bond acceptors (Lipinski definition) is 3. The highest BCUT2D eigenvalue weighted by molar-refractivity contribution is 5.67. The zero-order chi connectivity index (χ0) is 13.8. The van der Waals surface area contributed by atoms with Crippen LogP contribution in [-0.2, 0) is 10.2 Å². The van der Waals surface area contributed by atoms with E-state index in [0.29, 0.717) is 5.75 Å². The molecular weight excluding hydrogens is 232 g/mol. The van der Waals surface area contributed by atoms with Crippen LogP contribution in [0, 0.1) is 0 Å². The number of rotatable bonds is 5. The molecule has 0 aromatic heterocycles. The molecule has 4 nitrogen and oxygen atoms in total. The first-order valence-electron chi connectivity index (χ1n) is 5.92. The van der Waals surface area contributed by atoms with Gasteiger partial charge in [-0.3, -0.25) is 4.79 Å². The van der Waals surface area contributed by atoms with Crippen LogP contribution in [0.15, 0.2) is 24.3 Å². The largest absolute Gasteiger partial charge is 0.491 e. The molecule has 1 rings (SSSR count). The Morgan fingerprint density at radius 1 is 1.28 bits per heavy atom. The SMILES string of the molecule is CC(C)(C)c1ccc(OC[C@@H](O)CC(=O)O)cc1. The van der Waals surface area contributed by atoms with Crippen LogP contribution >= 0.6 is 0 Å². The molecule has 0 spiro atoms. The van der Waals surface area contributed by atoms with Crippen molar-refractivity contribution in [3.63, 3.8) is 0 Å². The van der Waals surface area contributed by atoms with Crippen molar-refractivity contribution in [3.05, 3.63) is 29.8 Å². The summed E-state index contributed by atoms with van der Waals surface area (Å²) in [6.07, 6.45) is -1.29. The maximum atomic E-state index is 10.4. The normalized spacial score (nSPS) is 13.1. The number of carbonyl (C=O) groups is 1. The van der Waals surface area contributed by atoms with Gasteiger partial charge in [0.1, 0.15) is 12.4 Å². The average molecular weight is 252 g/mol. The summed E-state index contributed by atoms with van der Waals surface area (Å²) >= 11 is 0. The maximum absolute atomic E-state index is 10.4. The first-order valence-corrected chi connectivity index (χ1v) is 5.92. The second-order valence-electron chi connectivity index (χ2n) is 5.34. The lowest BCUT2D eigenvalue weighted by Crippen LogP contribution is -2.21. The van der Waals surface area contributed by atoms with Gasteiger partial charge in [0.2, 0.25) is 0 Å². The second-order valence-corrected chi connectivity index (χ2v) is 5.34. The van der Waals surface area contributed by atoms with Crippen molar-refractivity contribution >= 4 is 5.97 Å². The number of aliphatic carboxylic acids is 1. The van der Waals surface area contributed by atoms with Crippen molar-refractivity contribution in [3.8, 4) is 5.75 Å². The van der Waals surface area contributed by atoms with Crippen molar-refractivity contribution in [1.82, 2.24) is 0 Å². The molecule has 0 amide bonds. The van der Waals surface area contributed by atoms with Gasteiger partial charge >= 0.3 is 5.97 Å². The first kappa shape index (κ1) is 14.5. The number of aliphatic hydroxyl groups is 1. The summed E-state index contributed by atoms with van der Waals surface area (Å²) in [6.45, 7) is 6.36. The molecule has 0 saturated carbocycles. The molecule has 18 heavy (non-hydrogen) atoms. The number of benzene rings is 1. The lowest BCUT2D eigenvalue weighted by Gasteiger charge is -2.19. The minimum Gasteiger partial charge on any atom is -0.491 e. The van der Waals surface area contributed by atoms with Crippen LogP contribution < -0.4 is 4.74 Å². The third kappa shape index (κ3) is 4.75. The Hall–Kier alpha value is -1.55. The minimum absolute atomic E-state index is 0.0127. The van der Waals surface area contributed by atoms with Gasteiger partial charge in [0.15, 0.2) is 0 Å². The Bertz CT molecular complexity index is 389. The summed E-state index contributed by atoms with van der Waals surface area (Å²) in [4.78, 5) is 10.4. The van der Waals surface area contributed by atoms with Gasteiger partial charge in [-0.25, -0.2) is 0 Å². The summed E-state index contributed by atoms with van der Waals surface area (Å²) in [5.74, 6) is -0.401. The highest BCUT2D eigenvalue weighted by atomic mass is 16.5. The van der Waals surface area contributed by atoms with E-state index in [0.717, 1.165) is 0 Å². The maximum Gasteiger partial charge on any atom is 0.306 e. The number of hydrogen-bond donors (Lipinski definition) is 2. The van der Waals surface area contributed by atoms with Crippen LogP contribution in [0.4, 0.5) is 0 Å². The van der Waals surface area contributed by atoms with E-state index in [1.165, 1.54) is 5.56 Å². The zero-order valence-corrected chi connectivity index (χ0v) is 11.0. The Kier molecular flexibility index (Phi) is 4.73. The molecule has 2 N–H and O–H groups in total. The summed E-state index contributed by atoms with van der Waals surface area (Å²) in [5, 5.41) is 17.9. The van der Waals surface area contributed by atoms with Crippen molar-refractivity contribution in [1.29, 1.82) is 0 Å². The van der Waals surface area contributed by atoms with Crippen LogP contribution in [0.5, 0.6) is 5.75 Å². The van der Waals surface area contributed by atoms with Crippen LogP contribution in [0.2, 0.25) is 0 Å². The molecule has 100 valence electrons. The van der Waals surface area contributed by atoms with Crippen LogP contribution in [-0.4, -0.2) is 28.9 Å². The Balaban J connectivity index is 2.52. The van der Waals surface area contributed by atoms with E-state index in [9.17, 15) is 9.90 Å². The van der Waals surface area contributed by atoms with E-state index in [2.05, 4.69) is 20.8 Å². The highest BCUT2D eigenvalue weighted by Gasteiger charge is 2.14. The molecule has 0 aliphatic carbocycles. The smallest absolute Gasteiger partial charge is 0.306 e. The summed E-state index contributed by atoms with van der Waals surface area (Å²) in [7, 11) is 0. The average Bonchev–Trinajstić information content (AvgIpc) is 2.25. The predicted octanol–water partition coefficient (Wildman–Crippen LogP) is 2.20. The van der Waals surface area contributed by atoms with Gasteiger partial charge in [0.25, 0.3) is 0 Å². The van der Waals surface area contributed by atoms with Crippen molar-refractivity contribution in [2.24, 2.45) is 0 Å². The van der Waals surface area contributed by atoms with Gasteiger partial charge in [-0.2, -0.15) is 0 Å². The second kappa shape index (κ2) is 5.87. The molecule has 0 aliphatic rings. The molecule has 0 aliphatic heterocycles. The third-order valence-electron chi connectivity index (χ3n) is 2.57. The van der Waals surface area contributed by atoms with E-state index in [4.69, 9.17) is 9.84 Å². The van der Waals surface area contributed by atoms with Crippen molar-refractivity contribution < 1.29 is 19.7 Å². The van der Waals surface area contributed by atoms with Gasteiger partial charge in [-0.05, 0) is 23.1 Å². The summed E-state index contributed by atoms with van der Waals surface area (Å²) < 4.78 is 5.32. The van der Waals surface area contributed by atoms with Crippen molar-refractivity contribution in [2.75, 3.05) is 6.61 Å². The molecule has 0 bridgehead atoms. The van der Waals surface area contributed by atoms with Crippen LogP contribution in [0.25, 0.3) is 0 Å². The fraction of sp³-hybridized carbons (Fsp3) is 0.500. The molecule has 0 radical (unpaired) electrons. The number of carboxylic acid groups (broad SMARTS) is 1. The lowest BCUT2D eigenvalue weighted by molar-refractivity contribution is -0.139. The quantitative estimate of drug-likeness (QED) is 0.843. The summed E-state index contributed by atoms with van der Waals surface area (Å²) in [5.41, 5.74) is 1.28. The minimum atomic E-state index is -1.03. The first-order chi connectivity index (χ1) is 8.29. The third-order valence-corrected chi connectivity index (χ3v) is 2.57. The number of aliphatic hydroxyl groups excluding tert-OH is 1. The Labute approximate surface area is 107 Å². The molecule has 1 atom stereocenters. The standard InChI is InChI=1S/C14H20O4/c1-14(2,3)10-4-6-12(7-5-10)18-9-11(15)8-13(16)17/h4-7,11,15H,8-9H2,1-3H3,(H,16,17)/t11-/m0/s1. The van der Waals surface area contributed by atoms with Gasteiger partial charge in [-0.15, -0.1) is 0 Å². The van der Waals surface area contributed by atoms with Crippen molar-refractivity contribution in [2.45, 2.75) is 38.7 Å². The van der Waals surface area contributed by atoms with Gasteiger partial charge in [-0.1, -0.05) is 32.9 Å². The highest BCUT2D eigenvalue weighted by Crippen LogP contribution is 2.24. The van der Waals surface area contributed by atoms with E-state index in [1.54, 1.807) is 0 Å². The van der Waals surface area contributed by atoms with E-state index in [1.807, 2.05) is 24.3 Å². The molecule has 1 aromatic rings. The van der Waals surface area contributed by atoms with E-state index in [-0.39, 0.29) is 18.4 Å². The predicted molar refractivity (Wildman–Crippen MR) is 68.9 cm³/mol.